The molecule has 2 heterocycles. The molecule has 0 amide bonds. The SMILES string of the molecule is C/C=C/C(=O)c1ccc(N2C(=S)N(C3C=NC(C)=C(C(F)(F)F)C3)C(O)C23CCC3)cc1F. The number of aliphatic hydroxyl groups is 1. The molecule has 2 atom stereocenters. The lowest BCUT2D eigenvalue weighted by Gasteiger charge is -2.47. The van der Waals surface area contributed by atoms with Crippen molar-refractivity contribution in [2.75, 3.05) is 4.90 Å². The van der Waals surface area contributed by atoms with Crippen LogP contribution in [-0.2, 0) is 0 Å². The van der Waals surface area contributed by atoms with Gasteiger partial charge in [0.1, 0.15) is 5.82 Å². The Bertz CT molecular complexity index is 1090. The lowest BCUT2D eigenvalue weighted by molar-refractivity contribution is -0.0976. The number of benzene rings is 1. The molecule has 176 valence electrons. The van der Waals surface area contributed by atoms with E-state index in [1.54, 1.807) is 17.9 Å². The molecule has 1 aromatic carbocycles. The lowest BCUT2D eigenvalue weighted by Crippen LogP contribution is -2.58. The summed E-state index contributed by atoms with van der Waals surface area (Å²) in [5.74, 6) is -1.22. The Hall–Kier alpha value is -2.59. The van der Waals surface area contributed by atoms with Crippen LogP contribution in [0.1, 0.15) is 49.9 Å². The molecule has 1 saturated carbocycles. The Morgan fingerprint density at radius 3 is 2.58 bits per heavy atom. The van der Waals surface area contributed by atoms with E-state index in [-0.39, 0.29) is 16.4 Å². The molecule has 1 N–H and O–H groups in total. The number of anilines is 1. The molecule has 0 radical (unpaired) electrons. The maximum atomic E-state index is 14.8. The Kier molecular flexibility index (Phi) is 5.94. The van der Waals surface area contributed by atoms with Crippen LogP contribution in [0.4, 0.5) is 23.2 Å². The molecule has 2 fully saturated rings. The molecule has 1 aromatic rings. The minimum Gasteiger partial charge on any atom is -0.371 e. The molecule has 4 rings (SSSR count). The second-order valence-electron chi connectivity index (χ2n) is 8.50. The first kappa shape index (κ1) is 23.6. The third-order valence-corrected chi connectivity index (χ3v) is 7.00. The monoisotopic (exact) mass is 481 g/mol. The van der Waals surface area contributed by atoms with E-state index in [0.29, 0.717) is 18.5 Å². The van der Waals surface area contributed by atoms with Crippen molar-refractivity contribution >= 4 is 35.0 Å². The van der Waals surface area contributed by atoms with Gasteiger partial charge in [-0.1, -0.05) is 6.08 Å². The van der Waals surface area contributed by atoms with Gasteiger partial charge >= 0.3 is 6.18 Å². The van der Waals surface area contributed by atoms with Gasteiger partial charge < -0.3 is 14.9 Å². The van der Waals surface area contributed by atoms with Gasteiger partial charge in [0, 0.05) is 24.0 Å². The van der Waals surface area contributed by atoms with Gasteiger partial charge in [-0.05, 0) is 69.6 Å². The van der Waals surface area contributed by atoms with Gasteiger partial charge in [0.25, 0.3) is 0 Å². The Morgan fingerprint density at radius 2 is 2.03 bits per heavy atom. The minimum absolute atomic E-state index is 0.100. The molecular weight excluding hydrogens is 458 g/mol. The summed E-state index contributed by atoms with van der Waals surface area (Å²) in [5, 5.41) is 11.3. The molecule has 1 aliphatic carbocycles. The zero-order valence-electron chi connectivity index (χ0n) is 18.1. The fourth-order valence-corrected chi connectivity index (χ4v) is 5.28. The fourth-order valence-electron chi connectivity index (χ4n) is 4.76. The molecule has 2 aliphatic heterocycles. The molecule has 5 nitrogen and oxygen atoms in total. The van der Waals surface area contributed by atoms with E-state index < -0.39 is 47.6 Å². The van der Waals surface area contributed by atoms with E-state index in [2.05, 4.69) is 4.99 Å². The fraction of sp³-hybridized carbons (Fsp3) is 0.435. The molecule has 10 heteroatoms. The average molecular weight is 482 g/mol. The molecule has 2 unspecified atom stereocenters. The van der Waals surface area contributed by atoms with Crippen LogP contribution in [0.25, 0.3) is 0 Å². The van der Waals surface area contributed by atoms with Crippen molar-refractivity contribution in [1.29, 1.82) is 0 Å². The molecule has 0 bridgehead atoms. The number of nitrogens with zero attached hydrogens (tertiary/aromatic N) is 3. The van der Waals surface area contributed by atoms with E-state index in [4.69, 9.17) is 12.2 Å². The van der Waals surface area contributed by atoms with Crippen molar-refractivity contribution in [2.45, 2.75) is 63.5 Å². The summed E-state index contributed by atoms with van der Waals surface area (Å²) in [5.41, 5.74) is -1.51. The second-order valence-corrected chi connectivity index (χ2v) is 8.86. The first-order chi connectivity index (χ1) is 15.5. The Balaban J connectivity index is 1.69. The highest BCUT2D eigenvalue weighted by atomic mass is 32.1. The first-order valence-electron chi connectivity index (χ1n) is 10.6. The average Bonchev–Trinajstić information content (AvgIpc) is 2.94. The number of hydrogen-bond donors (Lipinski definition) is 1. The molecule has 1 spiro atoms. The number of ketones is 1. The van der Waals surface area contributed by atoms with Crippen LogP contribution in [0.2, 0.25) is 0 Å². The summed E-state index contributed by atoms with van der Waals surface area (Å²) in [7, 11) is 0. The summed E-state index contributed by atoms with van der Waals surface area (Å²) in [6.07, 6.45) is -0.119. The summed E-state index contributed by atoms with van der Waals surface area (Å²) < 4.78 is 55.3. The molecule has 33 heavy (non-hydrogen) atoms. The van der Waals surface area contributed by atoms with Crippen LogP contribution >= 0.6 is 12.2 Å². The smallest absolute Gasteiger partial charge is 0.371 e. The van der Waals surface area contributed by atoms with Crippen LogP contribution in [0.5, 0.6) is 0 Å². The van der Waals surface area contributed by atoms with Crippen molar-refractivity contribution in [2.24, 2.45) is 4.99 Å². The van der Waals surface area contributed by atoms with E-state index in [1.807, 2.05) is 0 Å². The Labute approximate surface area is 194 Å². The summed E-state index contributed by atoms with van der Waals surface area (Å²) in [6.45, 7) is 2.95. The summed E-state index contributed by atoms with van der Waals surface area (Å²) >= 11 is 5.61. The van der Waals surface area contributed by atoms with Gasteiger partial charge in [-0.15, -0.1) is 0 Å². The summed E-state index contributed by atoms with van der Waals surface area (Å²) in [6, 6.07) is 3.19. The largest absolute Gasteiger partial charge is 0.414 e. The number of carbonyl (C=O) groups is 1. The van der Waals surface area contributed by atoms with Crippen LogP contribution in [0.3, 0.4) is 0 Å². The number of aliphatic imine (C=N–C) groups is 1. The maximum absolute atomic E-state index is 14.8. The standard InChI is InChI=1S/C23H23F4N3O2S/c1-3-5-19(31)16-7-6-14(11-18(16)24)30-21(33)29(20(32)22(30)8-4-9-22)15-10-17(23(25,26)27)13(2)28-12-15/h3,5-7,11-12,15,20,32H,4,8-10H2,1-2H3/b5-3+. The third-order valence-electron chi connectivity index (χ3n) is 6.61. The predicted octanol–water partition coefficient (Wildman–Crippen LogP) is 4.91. The van der Waals surface area contributed by atoms with Crippen molar-refractivity contribution in [3.8, 4) is 0 Å². The second kappa shape index (κ2) is 8.32. The van der Waals surface area contributed by atoms with Gasteiger partial charge in [-0.3, -0.25) is 9.79 Å². The van der Waals surface area contributed by atoms with Gasteiger partial charge in [0.2, 0.25) is 0 Å². The van der Waals surface area contributed by atoms with Gasteiger partial charge in [0.05, 0.1) is 22.7 Å². The number of carbonyl (C=O) groups excluding carboxylic acids is 1. The lowest BCUT2D eigenvalue weighted by atomic mass is 9.74. The minimum atomic E-state index is -4.54. The number of rotatable bonds is 4. The van der Waals surface area contributed by atoms with Gasteiger partial charge in [-0.2, -0.15) is 13.2 Å². The van der Waals surface area contributed by atoms with E-state index in [0.717, 1.165) is 6.42 Å². The van der Waals surface area contributed by atoms with Crippen molar-refractivity contribution in [3.63, 3.8) is 0 Å². The first-order valence-corrected chi connectivity index (χ1v) is 11.0. The predicted molar refractivity (Wildman–Crippen MR) is 121 cm³/mol. The van der Waals surface area contributed by atoms with E-state index >= 15 is 0 Å². The number of hydrogen-bond acceptors (Lipinski definition) is 4. The number of thiocarbonyl (C=S) groups is 1. The highest BCUT2D eigenvalue weighted by Crippen LogP contribution is 2.50. The topological polar surface area (TPSA) is 56.1 Å². The highest BCUT2D eigenvalue weighted by Gasteiger charge is 2.60. The number of aliphatic hydroxyl groups excluding tert-OH is 1. The van der Waals surface area contributed by atoms with Crippen LogP contribution in [0.15, 0.2) is 46.6 Å². The number of halogens is 4. The maximum Gasteiger partial charge on any atom is 0.414 e. The van der Waals surface area contributed by atoms with E-state index in [9.17, 15) is 27.5 Å². The van der Waals surface area contributed by atoms with Crippen LogP contribution < -0.4 is 4.90 Å². The van der Waals surface area contributed by atoms with E-state index in [1.165, 1.54) is 42.3 Å². The normalized spacial score (nSPS) is 24.9. The zero-order chi connectivity index (χ0) is 24.1. The van der Waals surface area contributed by atoms with Crippen molar-refractivity contribution in [1.82, 2.24) is 4.90 Å². The number of alkyl halides is 3. The molecule has 1 saturated heterocycles. The van der Waals surface area contributed by atoms with Crippen LogP contribution in [0, 0.1) is 5.82 Å². The quantitative estimate of drug-likeness (QED) is 0.287. The highest BCUT2D eigenvalue weighted by molar-refractivity contribution is 7.80. The molecule has 0 aromatic heterocycles. The molecule has 3 aliphatic rings. The van der Waals surface area contributed by atoms with Crippen molar-refractivity contribution < 1.29 is 27.5 Å². The van der Waals surface area contributed by atoms with Gasteiger partial charge in [-0.25, -0.2) is 4.39 Å². The third kappa shape index (κ3) is 3.78. The van der Waals surface area contributed by atoms with Gasteiger partial charge in [0.15, 0.2) is 17.1 Å². The number of allylic oxidation sites excluding steroid dienone is 3. The summed E-state index contributed by atoms with van der Waals surface area (Å²) in [4.78, 5) is 19.0. The van der Waals surface area contributed by atoms with Crippen LogP contribution in [-0.4, -0.2) is 51.1 Å². The van der Waals surface area contributed by atoms with Crippen molar-refractivity contribution in [3.05, 3.63) is 53.0 Å². The Morgan fingerprint density at radius 1 is 1.33 bits per heavy atom. The zero-order valence-corrected chi connectivity index (χ0v) is 18.9. The molecular formula is C23H23F4N3O2S.